The quantitative estimate of drug-likeness (QED) is 0.438. The Morgan fingerprint density at radius 2 is 1.88 bits per heavy atom. The van der Waals surface area contributed by atoms with Crippen molar-refractivity contribution in [2.75, 3.05) is 5.32 Å². The lowest BCUT2D eigenvalue weighted by Gasteiger charge is -2.31. The summed E-state index contributed by atoms with van der Waals surface area (Å²) in [6, 6.07) is 4.85. The molecule has 0 heterocycles. The molecule has 0 saturated heterocycles. The van der Waals surface area contributed by atoms with Crippen LogP contribution in [0.4, 0.5) is 18.9 Å². The smallest absolute Gasteiger partial charge is 0.255 e. The molecule has 2 saturated carbocycles. The minimum Gasteiger partial charge on any atom is -0.389 e. The first-order valence-electron chi connectivity index (χ1n) is 10.3. The maximum Gasteiger partial charge on any atom is 0.255 e. The fourth-order valence-electron chi connectivity index (χ4n) is 5.24. The lowest BCUT2D eigenvalue weighted by Crippen LogP contribution is -2.38. The summed E-state index contributed by atoms with van der Waals surface area (Å²) in [5.41, 5.74) is -1.60. The van der Waals surface area contributed by atoms with E-state index in [-0.39, 0.29) is 33.5 Å². The molecular formula is C23H21ClF3NO4S. The van der Waals surface area contributed by atoms with Gasteiger partial charge in [0.2, 0.25) is 0 Å². The van der Waals surface area contributed by atoms with Gasteiger partial charge in [-0.2, -0.15) is 0 Å². The predicted octanol–water partition coefficient (Wildman–Crippen LogP) is 4.89. The molecule has 33 heavy (non-hydrogen) atoms. The molecular weight excluding hydrogens is 479 g/mol. The second-order valence-corrected chi connectivity index (χ2v) is 11.1. The fraction of sp³-hybridized carbons (Fsp3) is 0.348. The van der Waals surface area contributed by atoms with Crippen LogP contribution >= 0.6 is 11.6 Å². The zero-order chi connectivity index (χ0) is 24.1. The molecule has 4 rings (SSSR count). The molecule has 4 atom stereocenters. The van der Waals surface area contributed by atoms with E-state index in [2.05, 4.69) is 11.9 Å². The molecule has 0 aliphatic heterocycles. The summed E-state index contributed by atoms with van der Waals surface area (Å²) in [5.74, 6) is -6.21. The van der Waals surface area contributed by atoms with Crippen LogP contribution in [0.25, 0.3) is 0 Å². The standard InChI is InChI=1S/C23H21ClF3NO4S/c1-2-7-23(30)11-13-3-5-15(23)21(13)33(31,32)19-8-12(4-6-16(19)24)22(29)28-14-9-17(25)20(27)18(26)10-14/h2,4,6,8-10,13,15,21,30H,1,3,5,7,11H2,(H,28,29)/t13?,15?,21-,23+/m1/s1. The number of halogens is 4. The molecule has 2 aliphatic carbocycles. The van der Waals surface area contributed by atoms with Crippen molar-refractivity contribution in [3.05, 3.63) is 71.0 Å². The number of hydrogen-bond acceptors (Lipinski definition) is 4. The Morgan fingerprint density at radius 1 is 1.21 bits per heavy atom. The average Bonchev–Trinajstić information content (AvgIpc) is 3.28. The molecule has 2 aliphatic rings. The molecule has 10 heteroatoms. The highest BCUT2D eigenvalue weighted by molar-refractivity contribution is 7.92. The Bertz CT molecular complexity index is 1230. The molecule has 0 aromatic heterocycles. The number of anilines is 1. The topological polar surface area (TPSA) is 83.5 Å². The molecule has 2 N–H and O–H groups in total. The number of carbonyl (C=O) groups excluding carboxylic acids is 1. The van der Waals surface area contributed by atoms with Crippen LogP contribution in [0.5, 0.6) is 0 Å². The third-order valence-electron chi connectivity index (χ3n) is 6.61. The zero-order valence-electron chi connectivity index (χ0n) is 17.3. The maximum absolute atomic E-state index is 13.6. The van der Waals surface area contributed by atoms with E-state index in [1.165, 1.54) is 12.1 Å². The Balaban J connectivity index is 1.65. The van der Waals surface area contributed by atoms with E-state index < -0.39 is 50.0 Å². The van der Waals surface area contributed by atoms with Crippen molar-refractivity contribution in [2.45, 2.75) is 41.4 Å². The molecule has 0 radical (unpaired) electrons. The summed E-state index contributed by atoms with van der Waals surface area (Å²) in [4.78, 5) is 12.4. The number of fused-ring (bicyclic) bond motifs is 2. The summed E-state index contributed by atoms with van der Waals surface area (Å²) < 4.78 is 67.2. The number of rotatable bonds is 6. The molecule has 2 bridgehead atoms. The number of hydrogen-bond donors (Lipinski definition) is 2. The van der Waals surface area contributed by atoms with Crippen LogP contribution in [-0.2, 0) is 9.84 Å². The van der Waals surface area contributed by atoms with Gasteiger partial charge in [-0.05, 0) is 49.8 Å². The highest BCUT2D eigenvalue weighted by Gasteiger charge is 2.60. The minimum atomic E-state index is -4.02. The van der Waals surface area contributed by atoms with Crippen molar-refractivity contribution >= 4 is 33.0 Å². The zero-order valence-corrected chi connectivity index (χ0v) is 18.9. The van der Waals surface area contributed by atoms with Crippen molar-refractivity contribution in [2.24, 2.45) is 11.8 Å². The van der Waals surface area contributed by atoms with E-state index in [1.807, 2.05) is 0 Å². The Hall–Kier alpha value is -2.36. The molecule has 2 aromatic rings. The van der Waals surface area contributed by atoms with Crippen molar-refractivity contribution in [3.63, 3.8) is 0 Å². The van der Waals surface area contributed by atoms with Gasteiger partial charge >= 0.3 is 0 Å². The van der Waals surface area contributed by atoms with Gasteiger partial charge in [-0.1, -0.05) is 17.7 Å². The van der Waals surface area contributed by atoms with Crippen LogP contribution in [0.3, 0.4) is 0 Å². The summed E-state index contributed by atoms with van der Waals surface area (Å²) in [5, 5.41) is 12.3. The number of benzene rings is 2. The molecule has 0 spiro atoms. The summed E-state index contributed by atoms with van der Waals surface area (Å²) in [6.45, 7) is 3.65. The number of carbonyl (C=O) groups is 1. The molecule has 1 amide bonds. The van der Waals surface area contributed by atoms with Crippen LogP contribution in [0.1, 0.15) is 36.0 Å². The first-order chi connectivity index (χ1) is 15.5. The summed E-state index contributed by atoms with van der Waals surface area (Å²) in [7, 11) is -4.02. The summed E-state index contributed by atoms with van der Waals surface area (Å²) >= 11 is 6.20. The number of amides is 1. The second kappa shape index (κ2) is 8.45. The van der Waals surface area contributed by atoms with Crippen molar-refractivity contribution in [3.8, 4) is 0 Å². The average molecular weight is 500 g/mol. The Morgan fingerprint density at radius 3 is 2.52 bits per heavy atom. The van der Waals surface area contributed by atoms with Crippen LogP contribution in [-0.4, -0.2) is 30.3 Å². The van der Waals surface area contributed by atoms with Crippen molar-refractivity contribution in [1.82, 2.24) is 0 Å². The van der Waals surface area contributed by atoms with Gasteiger partial charge in [0, 0.05) is 29.3 Å². The normalized spacial score (nSPS) is 26.4. The lowest BCUT2D eigenvalue weighted by atomic mass is 9.82. The lowest BCUT2D eigenvalue weighted by molar-refractivity contribution is -0.00968. The van der Waals surface area contributed by atoms with Crippen molar-refractivity contribution < 1.29 is 31.5 Å². The molecule has 2 unspecified atom stereocenters. The van der Waals surface area contributed by atoms with Crippen LogP contribution in [0.15, 0.2) is 47.9 Å². The van der Waals surface area contributed by atoms with Gasteiger partial charge in [-0.25, -0.2) is 21.6 Å². The van der Waals surface area contributed by atoms with Gasteiger partial charge in [0.25, 0.3) is 5.91 Å². The van der Waals surface area contributed by atoms with Gasteiger partial charge in [-0.3, -0.25) is 4.79 Å². The highest BCUT2D eigenvalue weighted by Crippen LogP contribution is 2.56. The van der Waals surface area contributed by atoms with Gasteiger partial charge < -0.3 is 10.4 Å². The first-order valence-corrected chi connectivity index (χ1v) is 12.2. The van der Waals surface area contributed by atoms with Gasteiger partial charge in [0.1, 0.15) is 0 Å². The third kappa shape index (κ3) is 4.06. The molecule has 2 aromatic carbocycles. The predicted molar refractivity (Wildman–Crippen MR) is 117 cm³/mol. The van der Waals surface area contributed by atoms with E-state index in [9.17, 15) is 31.5 Å². The molecule has 5 nitrogen and oxygen atoms in total. The number of sulfone groups is 1. The van der Waals surface area contributed by atoms with Crippen LogP contribution in [0.2, 0.25) is 5.02 Å². The van der Waals surface area contributed by atoms with Gasteiger partial charge in [-0.15, -0.1) is 6.58 Å². The van der Waals surface area contributed by atoms with Gasteiger partial charge in [0.05, 0.1) is 20.8 Å². The highest BCUT2D eigenvalue weighted by atomic mass is 35.5. The number of nitrogens with one attached hydrogen (secondary N) is 1. The van der Waals surface area contributed by atoms with E-state index in [0.29, 0.717) is 31.4 Å². The van der Waals surface area contributed by atoms with Gasteiger partial charge in [0.15, 0.2) is 27.3 Å². The summed E-state index contributed by atoms with van der Waals surface area (Å²) in [6.07, 6.45) is 3.41. The minimum absolute atomic E-state index is 0.0796. The first kappa shape index (κ1) is 23.8. The Kier molecular flexibility index (Phi) is 6.09. The third-order valence-corrected chi connectivity index (χ3v) is 9.44. The van der Waals surface area contributed by atoms with Crippen LogP contribution < -0.4 is 5.32 Å². The van der Waals surface area contributed by atoms with E-state index in [0.717, 1.165) is 6.07 Å². The monoisotopic (exact) mass is 499 g/mol. The van der Waals surface area contributed by atoms with E-state index in [4.69, 9.17) is 11.6 Å². The van der Waals surface area contributed by atoms with E-state index >= 15 is 0 Å². The number of aliphatic hydroxyl groups is 1. The largest absolute Gasteiger partial charge is 0.389 e. The fourth-order valence-corrected chi connectivity index (χ4v) is 8.17. The van der Waals surface area contributed by atoms with Crippen molar-refractivity contribution in [1.29, 1.82) is 0 Å². The maximum atomic E-state index is 13.6. The van der Waals surface area contributed by atoms with E-state index in [1.54, 1.807) is 6.08 Å². The Labute approximate surface area is 194 Å². The molecule has 176 valence electrons. The second-order valence-electron chi connectivity index (χ2n) is 8.61. The molecule has 2 fully saturated rings. The van der Waals surface area contributed by atoms with Crippen LogP contribution in [0, 0.1) is 29.3 Å². The SMILES string of the molecule is C=CC[C@]1(O)CC2CCC1[C@@H]2S(=O)(=O)c1cc(C(=O)Nc2cc(F)c(F)c(F)c2)ccc1Cl.